The average molecular weight is 536 g/mol. The summed E-state index contributed by atoms with van der Waals surface area (Å²) in [6, 6.07) is 9.08. The van der Waals surface area contributed by atoms with Crippen LogP contribution in [0, 0.1) is 15.5 Å². The Morgan fingerprint density at radius 2 is 1.92 bits per heavy atom. The molecule has 4 aliphatic heterocycles. The lowest BCUT2D eigenvalue weighted by atomic mass is 9.67. The van der Waals surface area contributed by atoms with Gasteiger partial charge in [0.2, 0.25) is 18.6 Å². The van der Waals surface area contributed by atoms with Crippen LogP contribution in [-0.2, 0) is 22.6 Å². The number of rotatable bonds is 6. The minimum atomic E-state index is -1.60. The van der Waals surface area contributed by atoms with Gasteiger partial charge in [-0.25, -0.2) is 4.79 Å². The number of nitrogens with one attached hydrogen (secondary N) is 1. The molecule has 4 aliphatic rings. The Balaban J connectivity index is 1.38. The standard InChI is InChI=1S/C27H29N5O7/c1-2-3-8-31-25(34)27(24(33)28-26(31)35)13-18-12-19(32(36)37)5-6-20(18)30-10-9-29(15-23(27)30)14-17-4-7-21-22(11-17)39-16-38-21/h4-7,11-12,23H,2-3,8-10,13-16H2,1H3,(H,28,33,35)/t23-,27+/m0/s1. The van der Waals surface area contributed by atoms with Gasteiger partial charge in [-0.15, -0.1) is 0 Å². The maximum absolute atomic E-state index is 14.1. The van der Waals surface area contributed by atoms with Crippen LogP contribution in [0.2, 0.25) is 0 Å². The van der Waals surface area contributed by atoms with Crippen LogP contribution in [0.15, 0.2) is 36.4 Å². The number of hydrogen-bond acceptors (Lipinski definition) is 9. The largest absolute Gasteiger partial charge is 0.454 e. The second kappa shape index (κ2) is 9.53. The fourth-order valence-corrected chi connectivity index (χ4v) is 6.19. The summed E-state index contributed by atoms with van der Waals surface area (Å²) < 4.78 is 10.9. The van der Waals surface area contributed by atoms with Crippen LogP contribution in [-0.4, -0.2) is 71.6 Å². The number of piperazine rings is 1. The van der Waals surface area contributed by atoms with Crippen LogP contribution in [0.5, 0.6) is 11.5 Å². The summed E-state index contributed by atoms with van der Waals surface area (Å²) in [6.45, 7) is 4.45. The molecule has 204 valence electrons. The van der Waals surface area contributed by atoms with Gasteiger partial charge in [-0.3, -0.25) is 34.8 Å². The quantitative estimate of drug-likeness (QED) is 0.336. The number of benzene rings is 2. The van der Waals surface area contributed by atoms with Crippen molar-refractivity contribution in [1.82, 2.24) is 15.1 Å². The molecule has 12 heteroatoms. The van der Waals surface area contributed by atoms with E-state index in [0.717, 1.165) is 22.6 Å². The molecule has 12 nitrogen and oxygen atoms in total. The van der Waals surface area contributed by atoms with Crippen molar-refractivity contribution in [1.29, 1.82) is 0 Å². The number of nitro benzene ring substituents is 1. The molecule has 4 heterocycles. The first kappa shape index (κ1) is 25.1. The number of barbiturate groups is 1. The Morgan fingerprint density at radius 1 is 1.10 bits per heavy atom. The maximum atomic E-state index is 14.1. The smallest absolute Gasteiger partial charge is 0.330 e. The van der Waals surface area contributed by atoms with Crippen molar-refractivity contribution in [2.24, 2.45) is 5.41 Å². The lowest BCUT2D eigenvalue weighted by Crippen LogP contribution is -2.75. The van der Waals surface area contributed by atoms with Crippen LogP contribution in [0.1, 0.15) is 30.9 Å². The van der Waals surface area contributed by atoms with Crippen molar-refractivity contribution in [2.75, 3.05) is 37.9 Å². The molecule has 4 amide bonds. The fourth-order valence-electron chi connectivity index (χ4n) is 6.19. The Labute approximate surface area is 224 Å². The normalized spacial score (nSPS) is 24.0. The summed E-state index contributed by atoms with van der Waals surface area (Å²) in [6.07, 6.45) is 1.35. The van der Waals surface area contributed by atoms with Gasteiger partial charge in [-0.05, 0) is 35.7 Å². The number of non-ortho nitro benzene ring substituents is 1. The lowest BCUT2D eigenvalue weighted by molar-refractivity contribution is -0.384. The second-order valence-electron chi connectivity index (χ2n) is 10.4. The Hall–Kier alpha value is -4.19. The van der Waals surface area contributed by atoms with Gasteiger partial charge < -0.3 is 14.4 Å². The number of ether oxygens (including phenoxy) is 2. The Bertz CT molecular complexity index is 1380. The van der Waals surface area contributed by atoms with Crippen molar-refractivity contribution >= 4 is 29.2 Å². The average Bonchev–Trinajstić information content (AvgIpc) is 3.39. The molecule has 2 aromatic rings. The number of anilines is 1. The highest BCUT2D eigenvalue weighted by atomic mass is 16.7. The van der Waals surface area contributed by atoms with Gasteiger partial charge in [0.05, 0.1) is 11.0 Å². The molecule has 2 saturated heterocycles. The van der Waals surface area contributed by atoms with E-state index in [0.29, 0.717) is 49.7 Å². The fraction of sp³-hybridized carbons (Fsp3) is 0.444. The van der Waals surface area contributed by atoms with E-state index in [1.807, 2.05) is 30.0 Å². The first-order chi connectivity index (χ1) is 18.8. The highest BCUT2D eigenvalue weighted by molar-refractivity contribution is 6.20. The van der Waals surface area contributed by atoms with Crippen LogP contribution in [0.3, 0.4) is 0 Å². The topological polar surface area (TPSA) is 135 Å². The summed E-state index contributed by atoms with van der Waals surface area (Å²) in [5.74, 6) is 0.189. The molecular weight excluding hydrogens is 506 g/mol. The van der Waals surface area contributed by atoms with Gasteiger partial charge in [-0.1, -0.05) is 19.4 Å². The molecule has 2 aromatic carbocycles. The summed E-state index contributed by atoms with van der Waals surface area (Å²) >= 11 is 0. The van der Waals surface area contributed by atoms with E-state index >= 15 is 0 Å². The van der Waals surface area contributed by atoms with Crippen LogP contribution < -0.4 is 19.7 Å². The molecule has 2 fully saturated rings. The summed E-state index contributed by atoms with van der Waals surface area (Å²) in [5.41, 5.74) is 0.630. The van der Waals surface area contributed by atoms with E-state index in [2.05, 4.69) is 10.2 Å². The molecule has 0 radical (unpaired) electrons. The summed E-state index contributed by atoms with van der Waals surface area (Å²) in [7, 11) is 0. The minimum absolute atomic E-state index is 0.0242. The molecule has 2 atom stereocenters. The molecule has 0 aromatic heterocycles. The Kier molecular flexibility index (Phi) is 6.13. The maximum Gasteiger partial charge on any atom is 0.330 e. The van der Waals surface area contributed by atoms with Crippen molar-refractivity contribution in [3.05, 3.63) is 57.6 Å². The van der Waals surface area contributed by atoms with Crippen LogP contribution >= 0.6 is 0 Å². The van der Waals surface area contributed by atoms with Gasteiger partial charge >= 0.3 is 6.03 Å². The predicted octanol–water partition coefficient (Wildman–Crippen LogP) is 2.44. The molecule has 1 spiro atoms. The number of nitrogens with zero attached hydrogens (tertiary/aromatic N) is 4. The summed E-state index contributed by atoms with van der Waals surface area (Å²) in [4.78, 5) is 57.0. The number of nitro groups is 1. The molecule has 0 bridgehead atoms. The number of urea groups is 1. The number of unbranched alkanes of at least 4 members (excludes halogenated alkanes) is 1. The van der Waals surface area contributed by atoms with E-state index in [1.165, 1.54) is 12.1 Å². The molecule has 1 N–H and O–H groups in total. The SMILES string of the molecule is CCCCN1C(=O)NC(=O)[C@]2(Cc3cc([N+](=O)[O-])ccc3N3CCN(Cc4ccc5c(c4)OCO5)C[C@H]32)C1=O. The third kappa shape index (κ3) is 4.06. The van der Waals surface area contributed by atoms with Crippen molar-refractivity contribution in [3.63, 3.8) is 0 Å². The highest BCUT2D eigenvalue weighted by Crippen LogP contribution is 2.47. The number of amides is 4. The number of hydrogen-bond donors (Lipinski definition) is 1. The second-order valence-corrected chi connectivity index (χ2v) is 10.4. The zero-order valence-electron chi connectivity index (χ0n) is 21.6. The molecule has 0 saturated carbocycles. The van der Waals surface area contributed by atoms with E-state index < -0.39 is 34.2 Å². The molecular formula is C27H29N5O7. The van der Waals surface area contributed by atoms with E-state index in [9.17, 15) is 24.5 Å². The highest BCUT2D eigenvalue weighted by Gasteiger charge is 2.62. The number of carbonyl (C=O) groups excluding carboxylic acids is 3. The summed E-state index contributed by atoms with van der Waals surface area (Å²) in [5, 5.41) is 14.0. The van der Waals surface area contributed by atoms with Gasteiger partial charge in [0, 0.05) is 57.0 Å². The zero-order valence-corrected chi connectivity index (χ0v) is 21.6. The molecule has 39 heavy (non-hydrogen) atoms. The first-order valence-corrected chi connectivity index (χ1v) is 13.1. The van der Waals surface area contributed by atoms with Gasteiger partial charge in [0.15, 0.2) is 16.9 Å². The van der Waals surface area contributed by atoms with Crippen molar-refractivity contribution in [3.8, 4) is 11.5 Å². The zero-order chi connectivity index (χ0) is 27.3. The van der Waals surface area contributed by atoms with Crippen LogP contribution in [0.4, 0.5) is 16.2 Å². The van der Waals surface area contributed by atoms with Gasteiger partial charge in [0.25, 0.3) is 5.69 Å². The van der Waals surface area contributed by atoms with Crippen molar-refractivity contribution in [2.45, 2.75) is 38.8 Å². The lowest BCUT2D eigenvalue weighted by Gasteiger charge is -2.55. The van der Waals surface area contributed by atoms with E-state index in [-0.39, 0.29) is 25.4 Å². The number of fused-ring (bicyclic) bond motifs is 5. The van der Waals surface area contributed by atoms with Crippen LogP contribution in [0.25, 0.3) is 0 Å². The van der Waals surface area contributed by atoms with Gasteiger partial charge in [0.1, 0.15) is 0 Å². The number of imide groups is 2. The molecule has 6 rings (SSSR count). The number of carbonyl (C=O) groups is 3. The Morgan fingerprint density at radius 3 is 2.72 bits per heavy atom. The monoisotopic (exact) mass is 535 g/mol. The third-order valence-corrected chi connectivity index (χ3v) is 8.16. The van der Waals surface area contributed by atoms with Gasteiger partial charge in [-0.2, -0.15) is 0 Å². The minimum Gasteiger partial charge on any atom is -0.454 e. The third-order valence-electron chi connectivity index (χ3n) is 8.16. The first-order valence-electron chi connectivity index (χ1n) is 13.1. The van der Waals surface area contributed by atoms with Crippen molar-refractivity contribution < 1.29 is 28.8 Å². The predicted molar refractivity (Wildman–Crippen MR) is 138 cm³/mol. The van der Waals surface area contributed by atoms with E-state index in [1.54, 1.807) is 6.07 Å². The molecule has 0 unspecified atom stereocenters. The van der Waals surface area contributed by atoms with E-state index in [4.69, 9.17) is 9.47 Å². The molecule has 0 aliphatic carbocycles.